The van der Waals surface area contributed by atoms with E-state index in [4.69, 9.17) is 4.74 Å². The predicted molar refractivity (Wildman–Crippen MR) is 93.7 cm³/mol. The lowest BCUT2D eigenvalue weighted by Gasteiger charge is -2.38. The van der Waals surface area contributed by atoms with Gasteiger partial charge in [0, 0.05) is 12.6 Å². The van der Waals surface area contributed by atoms with Crippen LogP contribution in [0.4, 0.5) is 4.79 Å². The molecule has 1 heterocycles. The highest BCUT2D eigenvalue weighted by Gasteiger charge is 2.34. The van der Waals surface area contributed by atoms with Crippen LogP contribution in [0.15, 0.2) is 24.3 Å². The van der Waals surface area contributed by atoms with Gasteiger partial charge in [-0.05, 0) is 52.2 Å². The molecule has 5 nitrogen and oxygen atoms in total. The second-order valence-electron chi connectivity index (χ2n) is 7.56. The van der Waals surface area contributed by atoms with Crippen molar-refractivity contribution in [2.75, 3.05) is 6.54 Å². The van der Waals surface area contributed by atoms with Gasteiger partial charge in [0.1, 0.15) is 5.60 Å². The summed E-state index contributed by atoms with van der Waals surface area (Å²) in [6, 6.07) is 7.79. The third-order valence-electron chi connectivity index (χ3n) is 3.87. The molecule has 1 unspecified atom stereocenters. The number of carbonyl (C=O) groups is 2. The first-order valence-corrected chi connectivity index (χ1v) is 8.54. The summed E-state index contributed by atoms with van der Waals surface area (Å²) in [5, 5.41) is 2.91. The number of nitrogens with one attached hydrogen (secondary N) is 1. The number of ether oxygens (including phenoxy) is 1. The molecule has 0 saturated heterocycles. The summed E-state index contributed by atoms with van der Waals surface area (Å²) in [6.07, 6.45) is 0.658. The molecule has 24 heavy (non-hydrogen) atoms. The standard InChI is InChI=1S/C19H28N2O3/c1-13(2)20-17(22)12-16-15-9-7-6-8-14(15)10-11-21(16)18(23)24-19(3,4)5/h6-9,13,16H,10-12H2,1-5H3,(H,20,22). The Morgan fingerprint density at radius 1 is 1.29 bits per heavy atom. The van der Waals surface area contributed by atoms with Crippen LogP contribution in [0.2, 0.25) is 0 Å². The van der Waals surface area contributed by atoms with Crippen molar-refractivity contribution >= 4 is 12.0 Å². The molecule has 0 saturated carbocycles. The fourth-order valence-electron chi connectivity index (χ4n) is 2.97. The van der Waals surface area contributed by atoms with Gasteiger partial charge in [0.25, 0.3) is 0 Å². The zero-order valence-electron chi connectivity index (χ0n) is 15.3. The number of hydrogen-bond donors (Lipinski definition) is 1. The van der Waals surface area contributed by atoms with Gasteiger partial charge in [-0.15, -0.1) is 0 Å². The van der Waals surface area contributed by atoms with E-state index in [9.17, 15) is 9.59 Å². The van der Waals surface area contributed by atoms with Gasteiger partial charge >= 0.3 is 6.09 Å². The monoisotopic (exact) mass is 332 g/mol. The van der Waals surface area contributed by atoms with Crippen molar-refractivity contribution in [3.63, 3.8) is 0 Å². The molecule has 1 aromatic carbocycles. The maximum absolute atomic E-state index is 12.6. The summed E-state index contributed by atoms with van der Waals surface area (Å²) in [5.74, 6) is -0.0553. The SMILES string of the molecule is CC(C)NC(=O)CC1c2ccccc2CCN1C(=O)OC(C)(C)C. The molecule has 0 bridgehead atoms. The molecule has 1 N–H and O–H groups in total. The van der Waals surface area contributed by atoms with Crippen molar-refractivity contribution in [3.8, 4) is 0 Å². The molecular weight excluding hydrogens is 304 g/mol. The zero-order valence-corrected chi connectivity index (χ0v) is 15.3. The molecule has 5 heteroatoms. The molecule has 2 amide bonds. The van der Waals surface area contributed by atoms with E-state index in [1.807, 2.05) is 52.8 Å². The van der Waals surface area contributed by atoms with E-state index < -0.39 is 5.60 Å². The first-order valence-electron chi connectivity index (χ1n) is 8.54. The van der Waals surface area contributed by atoms with Crippen molar-refractivity contribution in [2.45, 2.75) is 65.1 Å². The Bertz CT molecular complexity index is 605. The van der Waals surface area contributed by atoms with E-state index in [0.717, 1.165) is 12.0 Å². The van der Waals surface area contributed by atoms with Gasteiger partial charge in [-0.1, -0.05) is 24.3 Å². The molecule has 1 aliphatic rings. The third-order valence-corrected chi connectivity index (χ3v) is 3.87. The molecule has 0 aliphatic carbocycles. The minimum absolute atomic E-state index is 0.0553. The molecule has 0 aromatic heterocycles. The van der Waals surface area contributed by atoms with Crippen molar-refractivity contribution in [3.05, 3.63) is 35.4 Å². The molecule has 132 valence electrons. The van der Waals surface area contributed by atoms with Crippen molar-refractivity contribution < 1.29 is 14.3 Å². The summed E-state index contributed by atoms with van der Waals surface area (Å²) < 4.78 is 5.54. The maximum Gasteiger partial charge on any atom is 0.410 e. The number of fused-ring (bicyclic) bond motifs is 1. The van der Waals surface area contributed by atoms with Crippen molar-refractivity contribution in [1.29, 1.82) is 0 Å². The van der Waals surface area contributed by atoms with Gasteiger partial charge in [-0.3, -0.25) is 4.79 Å². The third kappa shape index (κ3) is 4.73. The normalized spacial score (nSPS) is 17.4. The van der Waals surface area contributed by atoms with E-state index in [1.165, 1.54) is 5.56 Å². The number of hydrogen-bond acceptors (Lipinski definition) is 3. The minimum Gasteiger partial charge on any atom is -0.444 e. The largest absolute Gasteiger partial charge is 0.444 e. The Morgan fingerprint density at radius 3 is 2.58 bits per heavy atom. The molecule has 1 aliphatic heterocycles. The lowest BCUT2D eigenvalue weighted by Crippen LogP contribution is -2.45. The van der Waals surface area contributed by atoms with Crippen LogP contribution < -0.4 is 5.32 Å². The van der Waals surface area contributed by atoms with E-state index >= 15 is 0 Å². The average molecular weight is 332 g/mol. The maximum atomic E-state index is 12.6. The summed E-state index contributed by atoms with van der Waals surface area (Å²) in [7, 11) is 0. The van der Waals surface area contributed by atoms with Crippen LogP contribution in [0.25, 0.3) is 0 Å². The summed E-state index contributed by atoms with van der Waals surface area (Å²) >= 11 is 0. The van der Waals surface area contributed by atoms with Crippen LogP contribution in [0.3, 0.4) is 0 Å². The first kappa shape index (κ1) is 18.3. The van der Waals surface area contributed by atoms with Crippen LogP contribution in [-0.4, -0.2) is 35.1 Å². The Morgan fingerprint density at radius 2 is 1.96 bits per heavy atom. The number of nitrogens with zero attached hydrogens (tertiary/aromatic N) is 1. The highest BCUT2D eigenvalue weighted by molar-refractivity contribution is 5.78. The topological polar surface area (TPSA) is 58.6 Å². The van der Waals surface area contributed by atoms with Crippen LogP contribution in [-0.2, 0) is 16.0 Å². The van der Waals surface area contributed by atoms with Gasteiger partial charge < -0.3 is 15.0 Å². The number of benzene rings is 1. The van der Waals surface area contributed by atoms with E-state index in [1.54, 1.807) is 4.90 Å². The van der Waals surface area contributed by atoms with E-state index in [-0.39, 0.29) is 30.5 Å². The summed E-state index contributed by atoms with van der Waals surface area (Å²) in [5.41, 5.74) is 1.67. The van der Waals surface area contributed by atoms with Gasteiger partial charge in [-0.25, -0.2) is 4.79 Å². The fraction of sp³-hybridized carbons (Fsp3) is 0.579. The van der Waals surface area contributed by atoms with Crippen molar-refractivity contribution in [2.24, 2.45) is 0 Å². The van der Waals surface area contributed by atoms with Crippen LogP contribution in [0.1, 0.15) is 58.2 Å². The van der Waals surface area contributed by atoms with E-state index in [2.05, 4.69) is 11.4 Å². The van der Waals surface area contributed by atoms with Crippen LogP contribution >= 0.6 is 0 Å². The first-order chi connectivity index (χ1) is 11.2. The number of carbonyl (C=O) groups excluding carboxylic acids is 2. The quantitative estimate of drug-likeness (QED) is 0.922. The Hall–Kier alpha value is -2.04. The lowest BCUT2D eigenvalue weighted by atomic mass is 9.90. The molecule has 0 fully saturated rings. The second kappa shape index (κ2) is 7.24. The van der Waals surface area contributed by atoms with E-state index in [0.29, 0.717) is 6.54 Å². The molecular formula is C19H28N2O3. The van der Waals surface area contributed by atoms with Crippen LogP contribution in [0.5, 0.6) is 0 Å². The molecule has 1 aromatic rings. The predicted octanol–water partition coefficient (Wildman–Crippen LogP) is 3.44. The highest BCUT2D eigenvalue weighted by Crippen LogP contribution is 2.33. The second-order valence-corrected chi connectivity index (χ2v) is 7.56. The Balaban J connectivity index is 2.26. The molecule has 0 spiro atoms. The fourth-order valence-corrected chi connectivity index (χ4v) is 2.97. The van der Waals surface area contributed by atoms with Gasteiger partial charge in [0.15, 0.2) is 0 Å². The highest BCUT2D eigenvalue weighted by atomic mass is 16.6. The molecule has 2 rings (SSSR count). The van der Waals surface area contributed by atoms with Gasteiger partial charge in [0.2, 0.25) is 5.91 Å². The van der Waals surface area contributed by atoms with Crippen molar-refractivity contribution in [1.82, 2.24) is 10.2 Å². The van der Waals surface area contributed by atoms with Gasteiger partial charge in [-0.2, -0.15) is 0 Å². The van der Waals surface area contributed by atoms with Crippen LogP contribution in [0, 0.1) is 0 Å². The Labute approximate surface area is 144 Å². The summed E-state index contributed by atoms with van der Waals surface area (Å²) in [6.45, 7) is 9.97. The zero-order chi connectivity index (χ0) is 17.9. The van der Waals surface area contributed by atoms with Gasteiger partial charge in [0.05, 0.1) is 12.5 Å². The Kier molecular flexibility index (Phi) is 5.52. The lowest BCUT2D eigenvalue weighted by molar-refractivity contribution is -0.122. The summed E-state index contributed by atoms with van der Waals surface area (Å²) in [4.78, 5) is 26.6. The molecule has 0 radical (unpaired) electrons. The minimum atomic E-state index is -0.557. The number of amides is 2. The molecule has 1 atom stereocenters. The smallest absolute Gasteiger partial charge is 0.410 e. The number of rotatable bonds is 3. The average Bonchev–Trinajstić information content (AvgIpc) is 2.44.